The van der Waals surface area contributed by atoms with Gasteiger partial charge in [0.05, 0.1) is 37.7 Å². The first-order valence-corrected chi connectivity index (χ1v) is 12.8. The average Bonchev–Trinajstić information content (AvgIpc) is 3.52. The number of aliphatic hydroxyl groups excluding tert-OH is 1. The molecule has 1 amide bonds. The molecule has 0 aliphatic carbocycles. The molecular formula is C28H27N7O5. The second-order valence-electron chi connectivity index (χ2n) is 9.36. The highest BCUT2D eigenvalue weighted by Gasteiger charge is 2.28. The Hall–Kier alpha value is -4.94. The number of hydrogen-bond donors (Lipinski definition) is 4. The maximum absolute atomic E-state index is 13.4. The molecule has 204 valence electrons. The van der Waals surface area contributed by atoms with Gasteiger partial charge in [-0.25, -0.2) is 9.67 Å². The molecule has 1 atom stereocenters. The van der Waals surface area contributed by atoms with Gasteiger partial charge in [-0.05, 0) is 43.3 Å². The second kappa shape index (κ2) is 10.7. The zero-order chi connectivity index (χ0) is 27.6. The van der Waals surface area contributed by atoms with Crippen molar-refractivity contribution in [1.82, 2.24) is 24.5 Å². The number of nitrogens with one attached hydrogen (secondary N) is 3. The largest absolute Gasteiger partial charge is 0.456 e. The number of aromatic nitrogens is 5. The number of anilines is 2. The molecule has 0 radical (unpaired) electrons. The monoisotopic (exact) mass is 541 g/mol. The molecule has 1 aliphatic rings. The Bertz CT molecular complexity index is 1720. The van der Waals surface area contributed by atoms with Gasteiger partial charge < -0.3 is 25.2 Å². The van der Waals surface area contributed by atoms with Crippen molar-refractivity contribution >= 4 is 28.4 Å². The van der Waals surface area contributed by atoms with Gasteiger partial charge in [0.2, 0.25) is 0 Å². The molecule has 4 N–H and O–H groups in total. The number of pyridine rings is 1. The standard InChI is InChI=1S/C28H27N7O5/c1-17(15-36)30-26-24-22(11-12-29-25(24)32-33-26)40-20-9-7-18(8-10-20)31-27(37)23-21-16-39-14-13-34(21)35(28(23)38)19-5-3-2-4-6-19/h2-12,17,36H,13-16H2,1H3,(H,31,37)(H2,29,30,32,33)/t17-/m1/s1. The molecule has 0 saturated heterocycles. The summed E-state index contributed by atoms with van der Waals surface area (Å²) in [5, 5.41) is 23.1. The van der Waals surface area contributed by atoms with Crippen LogP contribution in [-0.2, 0) is 17.9 Å². The Kier molecular flexibility index (Phi) is 6.76. The first-order valence-electron chi connectivity index (χ1n) is 12.8. The number of H-pyrrole nitrogens is 1. The van der Waals surface area contributed by atoms with Gasteiger partial charge in [0.25, 0.3) is 11.5 Å². The van der Waals surface area contributed by atoms with Gasteiger partial charge in [0.15, 0.2) is 11.5 Å². The molecule has 3 aromatic heterocycles. The van der Waals surface area contributed by atoms with Crippen molar-refractivity contribution in [2.24, 2.45) is 0 Å². The Balaban J connectivity index is 1.24. The Morgan fingerprint density at radius 1 is 1.18 bits per heavy atom. The highest BCUT2D eigenvalue weighted by atomic mass is 16.5. The number of carbonyl (C=O) groups excluding carboxylic acids is 1. The van der Waals surface area contributed by atoms with E-state index in [0.29, 0.717) is 58.6 Å². The predicted molar refractivity (Wildman–Crippen MR) is 148 cm³/mol. The van der Waals surface area contributed by atoms with E-state index in [1.165, 1.54) is 4.68 Å². The number of carbonyl (C=O) groups is 1. The summed E-state index contributed by atoms with van der Waals surface area (Å²) in [6.07, 6.45) is 1.61. The molecule has 4 heterocycles. The van der Waals surface area contributed by atoms with Crippen molar-refractivity contribution < 1.29 is 19.4 Å². The van der Waals surface area contributed by atoms with Crippen LogP contribution in [0.25, 0.3) is 16.7 Å². The first-order chi connectivity index (χ1) is 19.5. The van der Waals surface area contributed by atoms with Gasteiger partial charge in [0.1, 0.15) is 22.4 Å². The Morgan fingerprint density at radius 3 is 2.75 bits per heavy atom. The third-order valence-electron chi connectivity index (χ3n) is 6.58. The third kappa shape index (κ3) is 4.70. The average molecular weight is 542 g/mol. The van der Waals surface area contributed by atoms with E-state index in [2.05, 4.69) is 25.8 Å². The summed E-state index contributed by atoms with van der Waals surface area (Å²) >= 11 is 0. The molecule has 0 fully saturated rings. The number of nitrogens with zero attached hydrogens (tertiary/aromatic N) is 4. The van der Waals surface area contributed by atoms with E-state index in [-0.39, 0.29) is 24.8 Å². The molecule has 0 unspecified atom stereocenters. The van der Waals surface area contributed by atoms with Gasteiger partial charge in [0, 0.05) is 24.0 Å². The van der Waals surface area contributed by atoms with E-state index in [0.717, 1.165) is 0 Å². The number of benzene rings is 2. The minimum Gasteiger partial charge on any atom is -0.456 e. The lowest BCUT2D eigenvalue weighted by Crippen LogP contribution is -2.26. The van der Waals surface area contributed by atoms with Crippen LogP contribution >= 0.6 is 0 Å². The number of fused-ring (bicyclic) bond motifs is 2. The van der Waals surface area contributed by atoms with Crippen LogP contribution in [-0.4, -0.2) is 54.8 Å². The molecule has 2 aromatic carbocycles. The fraction of sp³-hybridized carbons (Fsp3) is 0.214. The zero-order valence-corrected chi connectivity index (χ0v) is 21.6. The smallest absolute Gasteiger partial charge is 0.284 e. The van der Waals surface area contributed by atoms with E-state index in [4.69, 9.17) is 9.47 Å². The molecule has 40 heavy (non-hydrogen) atoms. The number of aromatic amines is 1. The van der Waals surface area contributed by atoms with Crippen molar-refractivity contribution in [3.05, 3.63) is 88.5 Å². The summed E-state index contributed by atoms with van der Waals surface area (Å²) in [6.45, 7) is 2.87. The number of para-hydroxylation sites is 1. The number of hydrogen-bond acceptors (Lipinski definition) is 8. The van der Waals surface area contributed by atoms with Crippen molar-refractivity contribution in [3.63, 3.8) is 0 Å². The molecule has 0 spiro atoms. The van der Waals surface area contributed by atoms with E-state index < -0.39 is 11.5 Å². The fourth-order valence-electron chi connectivity index (χ4n) is 4.66. The molecule has 5 aromatic rings. The van der Waals surface area contributed by atoms with Crippen molar-refractivity contribution in [2.45, 2.75) is 26.1 Å². The lowest BCUT2D eigenvalue weighted by molar-refractivity contribution is 0.0756. The third-order valence-corrected chi connectivity index (χ3v) is 6.58. The molecular weight excluding hydrogens is 514 g/mol. The van der Waals surface area contributed by atoms with Crippen LogP contribution in [0.5, 0.6) is 11.5 Å². The van der Waals surface area contributed by atoms with Crippen LogP contribution in [0.1, 0.15) is 23.0 Å². The summed E-state index contributed by atoms with van der Waals surface area (Å²) < 4.78 is 15.0. The normalized spacial score (nSPS) is 13.6. The summed E-state index contributed by atoms with van der Waals surface area (Å²) in [5.74, 6) is 1.05. The SMILES string of the molecule is C[C@H](CO)Nc1n[nH]c2nccc(Oc3ccc(NC(=O)c4c5n(n(-c6ccccc6)c4=O)CCOC5)cc3)c12. The number of rotatable bonds is 8. The van der Waals surface area contributed by atoms with Crippen LogP contribution in [0.4, 0.5) is 11.5 Å². The van der Waals surface area contributed by atoms with Gasteiger partial charge in [-0.3, -0.25) is 19.4 Å². The van der Waals surface area contributed by atoms with E-state index >= 15 is 0 Å². The topological polar surface area (TPSA) is 148 Å². The number of aliphatic hydroxyl groups is 1. The van der Waals surface area contributed by atoms with Crippen molar-refractivity contribution in [2.75, 3.05) is 23.8 Å². The minimum absolute atomic E-state index is 0.0557. The molecule has 0 bridgehead atoms. The first kappa shape index (κ1) is 25.3. The van der Waals surface area contributed by atoms with Crippen LogP contribution in [0.3, 0.4) is 0 Å². The van der Waals surface area contributed by atoms with Gasteiger partial charge in [-0.2, -0.15) is 5.10 Å². The van der Waals surface area contributed by atoms with Crippen molar-refractivity contribution in [1.29, 1.82) is 0 Å². The zero-order valence-electron chi connectivity index (χ0n) is 21.6. The highest BCUT2D eigenvalue weighted by molar-refractivity contribution is 6.05. The van der Waals surface area contributed by atoms with Crippen LogP contribution in [0.2, 0.25) is 0 Å². The summed E-state index contributed by atoms with van der Waals surface area (Å²) in [5.41, 5.74) is 1.92. The maximum Gasteiger partial charge on any atom is 0.284 e. The second-order valence-corrected chi connectivity index (χ2v) is 9.36. The Morgan fingerprint density at radius 2 is 1.98 bits per heavy atom. The summed E-state index contributed by atoms with van der Waals surface area (Å²) in [6, 6.07) is 17.6. The van der Waals surface area contributed by atoms with Crippen LogP contribution < -0.4 is 20.9 Å². The lowest BCUT2D eigenvalue weighted by atomic mass is 10.2. The number of ether oxygens (including phenoxy) is 2. The van der Waals surface area contributed by atoms with E-state index in [1.807, 2.05) is 41.9 Å². The van der Waals surface area contributed by atoms with E-state index in [1.54, 1.807) is 36.5 Å². The predicted octanol–water partition coefficient (Wildman–Crippen LogP) is 3.28. The quantitative estimate of drug-likeness (QED) is 0.234. The maximum atomic E-state index is 13.4. The molecule has 12 nitrogen and oxygen atoms in total. The Labute approximate surface area is 228 Å². The van der Waals surface area contributed by atoms with Crippen molar-refractivity contribution in [3.8, 4) is 17.2 Å². The van der Waals surface area contributed by atoms with Gasteiger partial charge in [-0.15, -0.1) is 0 Å². The molecule has 6 rings (SSSR count). The highest BCUT2D eigenvalue weighted by Crippen LogP contribution is 2.33. The van der Waals surface area contributed by atoms with Crippen LogP contribution in [0.15, 0.2) is 71.7 Å². The van der Waals surface area contributed by atoms with E-state index in [9.17, 15) is 14.7 Å². The fourth-order valence-corrected chi connectivity index (χ4v) is 4.66. The summed E-state index contributed by atoms with van der Waals surface area (Å²) in [7, 11) is 0. The van der Waals surface area contributed by atoms with Crippen LogP contribution in [0, 0.1) is 0 Å². The molecule has 12 heteroatoms. The van der Waals surface area contributed by atoms with Gasteiger partial charge >= 0.3 is 0 Å². The molecule has 0 saturated carbocycles. The number of amides is 1. The minimum atomic E-state index is -0.509. The molecule has 1 aliphatic heterocycles. The van der Waals surface area contributed by atoms with Gasteiger partial charge in [-0.1, -0.05) is 18.2 Å². The summed E-state index contributed by atoms with van der Waals surface area (Å²) in [4.78, 5) is 31.0. The lowest BCUT2D eigenvalue weighted by Gasteiger charge is -2.19.